The molecule has 0 aliphatic carbocycles. The lowest BCUT2D eigenvalue weighted by molar-refractivity contribution is 0.653. The summed E-state index contributed by atoms with van der Waals surface area (Å²) in [7, 11) is 0. The molecular weight excluding hydrogens is 286 g/mol. The van der Waals surface area contributed by atoms with Crippen LogP contribution < -0.4 is 5.73 Å². The van der Waals surface area contributed by atoms with Crippen molar-refractivity contribution < 1.29 is 0 Å². The molecule has 0 aliphatic rings. The van der Waals surface area contributed by atoms with Gasteiger partial charge in [-0.3, -0.25) is 0 Å². The highest BCUT2D eigenvalue weighted by Gasteiger charge is 2.10. The second kappa shape index (κ2) is 5.54. The van der Waals surface area contributed by atoms with Crippen LogP contribution in [-0.2, 0) is 6.54 Å². The molecule has 1 heterocycles. The molecule has 6 heteroatoms. The van der Waals surface area contributed by atoms with Crippen molar-refractivity contribution in [2.24, 2.45) is 0 Å². The van der Waals surface area contributed by atoms with Crippen molar-refractivity contribution in [3.63, 3.8) is 0 Å². The highest BCUT2D eigenvalue weighted by Crippen LogP contribution is 2.22. The van der Waals surface area contributed by atoms with Gasteiger partial charge in [0.25, 0.3) is 0 Å². The number of aromatic nitrogens is 4. The SMILES string of the molecule is Cc1ccc(-c2nnnn2Cc2ccc(Cl)cc2)cc1N. The Morgan fingerprint density at radius 1 is 1.14 bits per heavy atom. The minimum absolute atomic E-state index is 0.577. The third-order valence-electron chi connectivity index (χ3n) is 3.31. The van der Waals surface area contributed by atoms with Crippen LogP contribution in [0, 0.1) is 6.92 Å². The van der Waals surface area contributed by atoms with Crippen LogP contribution in [0.3, 0.4) is 0 Å². The number of benzene rings is 2. The number of nitrogen functional groups attached to an aromatic ring is 1. The fraction of sp³-hybridized carbons (Fsp3) is 0.133. The average molecular weight is 300 g/mol. The van der Waals surface area contributed by atoms with Gasteiger partial charge in [-0.05, 0) is 46.7 Å². The van der Waals surface area contributed by atoms with Crippen molar-refractivity contribution in [3.8, 4) is 11.4 Å². The first kappa shape index (κ1) is 13.6. The summed E-state index contributed by atoms with van der Waals surface area (Å²) < 4.78 is 1.74. The third-order valence-corrected chi connectivity index (χ3v) is 3.57. The molecule has 0 aliphatic heterocycles. The molecule has 3 rings (SSSR count). The fourth-order valence-electron chi connectivity index (χ4n) is 2.06. The zero-order valence-corrected chi connectivity index (χ0v) is 12.2. The highest BCUT2D eigenvalue weighted by molar-refractivity contribution is 6.30. The first-order valence-corrected chi connectivity index (χ1v) is 6.88. The van der Waals surface area contributed by atoms with E-state index in [-0.39, 0.29) is 0 Å². The molecule has 1 aromatic heterocycles. The van der Waals surface area contributed by atoms with E-state index in [4.69, 9.17) is 17.3 Å². The first-order chi connectivity index (χ1) is 10.1. The van der Waals surface area contributed by atoms with Gasteiger partial charge in [0.1, 0.15) is 0 Å². The molecule has 0 fully saturated rings. The van der Waals surface area contributed by atoms with Gasteiger partial charge in [-0.15, -0.1) is 5.10 Å². The van der Waals surface area contributed by atoms with E-state index in [2.05, 4.69) is 15.5 Å². The van der Waals surface area contributed by atoms with Gasteiger partial charge in [0.2, 0.25) is 0 Å². The van der Waals surface area contributed by atoms with Gasteiger partial charge in [-0.2, -0.15) is 0 Å². The Bertz CT molecular complexity index is 764. The van der Waals surface area contributed by atoms with E-state index < -0.39 is 0 Å². The summed E-state index contributed by atoms with van der Waals surface area (Å²) in [5, 5.41) is 12.6. The summed E-state index contributed by atoms with van der Waals surface area (Å²) in [6.07, 6.45) is 0. The van der Waals surface area contributed by atoms with E-state index in [1.165, 1.54) is 0 Å². The van der Waals surface area contributed by atoms with Gasteiger partial charge >= 0.3 is 0 Å². The van der Waals surface area contributed by atoms with Crippen molar-refractivity contribution in [1.82, 2.24) is 20.2 Å². The quantitative estimate of drug-likeness (QED) is 0.755. The van der Waals surface area contributed by atoms with E-state index in [0.29, 0.717) is 17.4 Å². The van der Waals surface area contributed by atoms with Crippen molar-refractivity contribution in [1.29, 1.82) is 0 Å². The van der Waals surface area contributed by atoms with Crippen molar-refractivity contribution in [3.05, 3.63) is 58.6 Å². The molecule has 0 amide bonds. The van der Waals surface area contributed by atoms with E-state index in [1.807, 2.05) is 49.4 Å². The fourth-order valence-corrected chi connectivity index (χ4v) is 2.19. The van der Waals surface area contributed by atoms with Crippen LogP contribution in [0.1, 0.15) is 11.1 Å². The lowest BCUT2D eigenvalue weighted by Gasteiger charge is -2.07. The van der Waals surface area contributed by atoms with Gasteiger partial charge in [0, 0.05) is 16.3 Å². The van der Waals surface area contributed by atoms with E-state index in [1.54, 1.807) is 4.68 Å². The standard InChI is InChI=1S/C15H14ClN5/c1-10-2-5-12(8-14(10)17)15-18-19-20-21(15)9-11-3-6-13(16)7-4-11/h2-8H,9,17H2,1H3. The Labute approximate surface area is 127 Å². The molecule has 21 heavy (non-hydrogen) atoms. The average Bonchev–Trinajstić information content (AvgIpc) is 2.92. The molecule has 0 bridgehead atoms. The van der Waals surface area contributed by atoms with Crippen molar-refractivity contribution in [2.75, 3.05) is 5.73 Å². The predicted molar refractivity (Wildman–Crippen MR) is 83.0 cm³/mol. The molecule has 5 nitrogen and oxygen atoms in total. The minimum Gasteiger partial charge on any atom is -0.398 e. The largest absolute Gasteiger partial charge is 0.398 e. The molecule has 0 spiro atoms. The van der Waals surface area contributed by atoms with E-state index in [0.717, 1.165) is 22.4 Å². The summed E-state index contributed by atoms with van der Waals surface area (Å²) in [5.41, 5.74) is 9.70. The van der Waals surface area contributed by atoms with Crippen LogP contribution in [0.15, 0.2) is 42.5 Å². The second-order valence-corrected chi connectivity index (χ2v) is 5.29. The molecule has 3 aromatic rings. The van der Waals surface area contributed by atoms with E-state index in [9.17, 15) is 0 Å². The van der Waals surface area contributed by atoms with Crippen LogP contribution in [-0.4, -0.2) is 20.2 Å². The number of nitrogens with zero attached hydrogens (tertiary/aromatic N) is 4. The summed E-state index contributed by atoms with van der Waals surface area (Å²) in [6.45, 7) is 2.54. The molecule has 2 aromatic carbocycles. The maximum Gasteiger partial charge on any atom is 0.182 e. The number of nitrogens with two attached hydrogens (primary N) is 1. The van der Waals surface area contributed by atoms with Gasteiger partial charge < -0.3 is 5.73 Å². The van der Waals surface area contributed by atoms with Crippen LogP contribution in [0.5, 0.6) is 0 Å². The highest BCUT2D eigenvalue weighted by atomic mass is 35.5. The number of rotatable bonds is 3. The Morgan fingerprint density at radius 3 is 2.62 bits per heavy atom. The van der Waals surface area contributed by atoms with Crippen LogP contribution in [0.2, 0.25) is 5.02 Å². The molecule has 0 saturated heterocycles. The van der Waals surface area contributed by atoms with Gasteiger partial charge in [0.15, 0.2) is 5.82 Å². The topological polar surface area (TPSA) is 69.6 Å². The first-order valence-electron chi connectivity index (χ1n) is 6.50. The van der Waals surface area contributed by atoms with Crippen molar-refractivity contribution in [2.45, 2.75) is 13.5 Å². The molecule has 0 saturated carbocycles. The number of anilines is 1. The Kier molecular flexibility index (Phi) is 3.58. The number of hydrogen-bond donors (Lipinski definition) is 1. The zero-order valence-electron chi connectivity index (χ0n) is 11.5. The summed E-state index contributed by atoms with van der Waals surface area (Å²) in [4.78, 5) is 0. The lowest BCUT2D eigenvalue weighted by Crippen LogP contribution is -2.04. The Morgan fingerprint density at radius 2 is 1.90 bits per heavy atom. The number of hydrogen-bond acceptors (Lipinski definition) is 4. The number of tetrazole rings is 1. The molecule has 0 atom stereocenters. The summed E-state index contributed by atoms with van der Waals surface area (Å²) in [6, 6.07) is 13.4. The molecule has 106 valence electrons. The van der Waals surface area contributed by atoms with Crippen LogP contribution in [0.4, 0.5) is 5.69 Å². The summed E-state index contributed by atoms with van der Waals surface area (Å²) >= 11 is 5.89. The van der Waals surface area contributed by atoms with Crippen molar-refractivity contribution >= 4 is 17.3 Å². The Hall–Kier alpha value is -2.40. The third kappa shape index (κ3) is 2.87. The maximum atomic E-state index is 5.95. The number of aryl methyl sites for hydroxylation is 1. The van der Waals surface area contributed by atoms with E-state index >= 15 is 0 Å². The summed E-state index contributed by atoms with van der Waals surface area (Å²) in [5.74, 6) is 0.691. The lowest BCUT2D eigenvalue weighted by atomic mass is 10.1. The van der Waals surface area contributed by atoms with Crippen LogP contribution >= 0.6 is 11.6 Å². The van der Waals surface area contributed by atoms with Gasteiger partial charge in [-0.25, -0.2) is 4.68 Å². The Balaban J connectivity index is 1.93. The maximum absolute atomic E-state index is 5.95. The predicted octanol–water partition coefficient (Wildman–Crippen LogP) is 2.93. The number of halogens is 1. The second-order valence-electron chi connectivity index (χ2n) is 4.86. The molecule has 2 N–H and O–H groups in total. The molecule has 0 radical (unpaired) electrons. The molecular formula is C15H14ClN5. The normalized spacial score (nSPS) is 10.8. The monoisotopic (exact) mass is 299 g/mol. The van der Waals surface area contributed by atoms with Gasteiger partial charge in [0.05, 0.1) is 6.54 Å². The molecule has 0 unspecified atom stereocenters. The zero-order chi connectivity index (χ0) is 14.8. The minimum atomic E-state index is 0.577. The van der Waals surface area contributed by atoms with Gasteiger partial charge in [-0.1, -0.05) is 35.9 Å². The van der Waals surface area contributed by atoms with Crippen LogP contribution in [0.25, 0.3) is 11.4 Å². The smallest absolute Gasteiger partial charge is 0.182 e.